The number of fused-ring (bicyclic) bond motifs is 2. The summed E-state index contributed by atoms with van der Waals surface area (Å²) in [6, 6.07) is 56.4. The van der Waals surface area contributed by atoms with E-state index in [0.717, 1.165) is 50.7 Å². The van der Waals surface area contributed by atoms with Gasteiger partial charge >= 0.3 is 0 Å². The first kappa shape index (κ1) is 36.3. The van der Waals surface area contributed by atoms with E-state index in [4.69, 9.17) is 20.0 Å². The number of hydrogen-bond donors (Lipinski definition) is 1. The SMILES string of the molecule is BrCc1ccc(OCc2ccccc2)cc1.N#Cc1ccc2cc[nH]c2c1.N#Cc1ccc2ccn(Cc3ccc(OCc4ccccc4)cc3)c2c1. The van der Waals surface area contributed by atoms with Crippen molar-refractivity contribution < 1.29 is 9.47 Å². The molecular formula is C46H37BrN4O2. The van der Waals surface area contributed by atoms with Gasteiger partial charge in [-0.3, -0.25) is 0 Å². The van der Waals surface area contributed by atoms with Crippen molar-refractivity contribution in [3.63, 3.8) is 0 Å². The summed E-state index contributed by atoms with van der Waals surface area (Å²) < 4.78 is 13.7. The molecule has 8 aromatic rings. The van der Waals surface area contributed by atoms with Crippen LogP contribution in [0, 0.1) is 22.7 Å². The van der Waals surface area contributed by atoms with E-state index in [-0.39, 0.29) is 0 Å². The van der Waals surface area contributed by atoms with Gasteiger partial charge in [0.05, 0.1) is 23.3 Å². The predicted octanol–water partition coefficient (Wildman–Crippen LogP) is 11.3. The molecule has 1 N–H and O–H groups in total. The molecule has 0 aliphatic heterocycles. The summed E-state index contributed by atoms with van der Waals surface area (Å²) in [6.07, 6.45) is 3.93. The zero-order valence-corrected chi connectivity index (χ0v) is 30.6. The van der Waals surface area contributed by atoms with Crippen LogP contribution in [0.5, 0.6) is 11.5 Å². The number of benzene rings is 6. The highest BCUT2D eigenvalue weighted by Gasteiger charge is 2.04. The number of aromatic amines is 1. The van der Waals surface area contributed by atoms with Crippen molar-refractivity contribution >= 4 is 37.7 Å². The van der Waals surface area contributed by atoms with Crippen molar-refractivity contribution in [2.75, 3.05) is 0 Å². The number of nitrogens with one attached hydrogen (secondary N) is 1. The molecular weight excluding hydrogens is 720 g/mol. The molecule has 8 rings (SSSR count). The molecule has 260 valence electrons. The number of rotatable bonds is 9. The lowest BCUT2D eigenvalue weighted by Gasteiger charge is -2.09. The number of aromatic nitrogens is 2. The zero-order chi connectivity index (χ0) is 36.7. The minimum atomic E-state index is 0.569. The second-order valence-corrected chi connectivity index (χ2v) is 12.8. The van der Waals surface area contributed by atoms with Gasteiger partial charge in [0, 0.05) is 35.3 Å². The highest BCUT2D eigenvalue weighted by molar-refractivity contribution is 9.08. The largest absolute Gasteiger partial charge is 0.489 e. The van der Waals surface area contributed by atoms with Crippen LogP contribution in [0.3, 0.4) is 0 Å². The molecule has 0 amide bonds. The van der Waals surface area contributed by atoms with E-state index in [2.05, 4.69) is 98.4 Å². The smallest absolute Gasteiger partial charge is 0.119 e. The topological polar surface area (TPSA) is 86.8 Å². The van der Waals surface area contributed by atoms with Crippen LogP contribution in [0.25, 0.3) is 21.8 Å². The van der Waals surface area contributed by atoms with E-state index in [0.29, 0.717) is 24.3 Å². The maximum atomic E-state index is 9.11. The first-order valence-electron chi connectivity index (χ1n) is 17.1. The van der Waals surface area contributed by atoms with Gasteiger partial charge in [-0.1, -0.05) is 113 Å². The standard InChI is InChI=1S/C23H18N2O.C14H13BrO.C9H6N2/c24-15-20-6-9-21-12-13-25(23(21)14-20)16-18-7-10-22(11-8-18)26-17-19-4-2-1-3-5-19;15-10-12-6-8-14(9-7-12)16-11-13-4-2-1-3-5-13;10-6-7-1-2-8-3-4-11-9(8)5-7/h1-14H,16-17H2;1-9H,10-11H2;1-5,11H. The number of alkyl halides is 1. The first-order chi connectivity index (χ1) is 26.1. The van der Waals surface area contributed by atoms with E-state index in [1.807, 2.05) is 109 Å². The van der Waals surface area contributed by atoms with Gasteiger partial charge in [-0.15, -0.1) is 0 Å². The number of nitriles is 2. The van der Waals surface area contributed by atoms with Crippen molar-refractivity contribution in [1.29, 1.82) is 10.5 Å². The van der Waals surface area contributed by atoms with Crippen molar-refractivity contribution in [3.8, 4) is 23.6 Å². The Morgan fingerprint density at radius 2 is 1.09 bits per heavy atom. The third kappa shape index (κ3) is 10.5. The Labute approximate surface area is 318 Å². The van der Waals surface area contributed by atoms with Gasteiger partial charge in [0.25, 0.3) is 0 Å². The number of nitrogens with zero attached hydrogens (tertiary/aromatic N) is 3. The van der Waals surface area contributed by atoms with Crippen LogP contribution in [-0.4, -0.2) is 9.55 Å². The maximum Gasteiger partial charge on any atom is 0.119 e. The minimum Gasteiger partial charge on any atom is -0.489 e. The molecule has 0 radical (unpaired) electrons. The Hall–Kier alpha value is -6.54. The number of hydrogen-bond acceptors (Lipinski definition) is 4. The van der Waals surface area contributed by atoms with Gasteiger partial charge in [0.15, 0.2) is 0 Å². The molecule has 7 heteroatoms. The van der Waals surface area contributed by atoms with E-state index in [9.17, 15) is 0 Å². The molecule has 0 atom stereocenters. The monoisotopic (exact) mass is 756 g/mol. The highest BCUT2D eigenvalue weighted by Crippen LogP contribution is 2.21. The summed E-state index contributed by atoms with van der Waals surface area (Å²) in [6.45, 7) is 1.95. The van der Waals surface area contributed by atoms with Crippen LogP contribution >= 0.6 is 15.9 Å². The highest BCUT2D eigenvalue weighted by atomic mass is 79.9. The summed E-state index contributed by atoms with van der Waals surface area (Å²) in [5, 5.41) is 20.8. The molecule has 53 heavy (non-hydrogen) atoms. The lowest BCUT2D eigenvalue weighted by molar-refractivity contribution is 0.306. The van der Waals surface area contributed by atoms with Crippen LogP contribution in [0.15, 0.2) is 170 Å². The van der Waals surface area contributed by atoms with Gasteiger partial charge in [0.1, 0.15) is 24.7 Å². The second kappa shape index (κ2) is 18.6. The predicted molar refractivity (Wildman–Crippen MR) is 216 cm³/mol. The zero-order valence-electron chi connectivity index (χ0n) is 29.0. The lowest BCUT2D eigenvalue weighted by Crippen LogP contribution is -1.99. The van der Waals surface area contributed by atoms with Crippen LogP contribution in [0.4, 0.5) is 0 Å². The maximum absolute atomic E-state index is 9.11. The first-order valence-corrected chi connectivity index (χ1v) is 18.3. The Bertz CT molecular complexity index is 2420. The average Bonchev–Trinajstić information content (AvgIpc) is 3.87. The molecule has 6 nitrogen and oxygen atoms in total. The van der Waals surface area contributed by atoms with Crippen LogP contribution < -0.4 is 9.47 Å². The van der Waals surface area contributed by atoms with E-state index >= 15 is 0 Å². The third-order valence-corrected chi connectivity index (χ3v) is 9.09. The van der Waals surface area contributed by atoms with Gasteiger partial charge in [-0.05, 0) is 93.7 Å². The Morgan fingerprint density at radius 1 is 0.547 bits per heavy atom. The fourth-order valence-electron chi connectivity index (χ4n) is 5.55. The molecule has 2 aromatic heterocycles. The normalized spacial score (nSPS) is 10.2. The Kier molecular flexibility index (Phi) is 12.7. The summed E-state index contributed by atoms with van der Waals surface area (Å²) in [7, 11) is 0. The van der Waals surface area contributed by atoms with Crippen molar-refractivity contribution in [3.05, 3.63) is 203 Å². The van der Waals surface area contributed by atoms with Crippen molar-refractivity contribution in [2.24, 2.45) is 0 Å². The van der Waals surface area contributed by atoms with Crippen LogP contribution in [-0.2, 0) is 25.1 Å². The number of H-pyrrole nitrogens is 1. The fraction of sp³-hybridized carbons (Fsp3) is 0.0870. The van der Waals surface area contributed by atoms with E-state index < -0.39 is 0 Å². The van der Waals surface area contributed by atoms with Gasteiger partial charge in [-0.25, -0.2) is 0 Å². The number of ether oxygens (including phenoxy) is 2. The molecule has 0 spiro atoms. The number of halogens is 1. The minimum absolute atomic E-state index is 0.569. The molecule has 0 fully saturated rings. The summed E-state index contributed by atoms with van der Waals surface area (Å²) >= 11 is 3.42. The summed E-state index contributed by atoms with van der Waals surface area (Å²) in [5.74, 6) is 1.77. The third-order valence-electron chi connectivity index (χ3n) is 8.44. The lowest BCUT2D eigenvalue weighted by atomic mass is 10.2. The van der Waals surface area contributed by atoms with E-state index in [1.54, 1.807) is 0 Å². The average molecular weight is 758 g/mol. The Balaban J connectivity index is 0.000000151. The fourth-order valence-corrected chi connectivity index (χ4v) is 5.93. The van der Waals surface area contributed by atoms with Crippen LogP contribution in [0.2, 0.25) is 0 Å². The van der Waals surface area contributed by atoms with Gasteiger partial charge in [-0.2, -0.15) is 10.5 Å². The van der Waals surface area contributed by atoms with Crippen molar-refractivity contribution in [1.82, 2.24) is 9.55 Å². The molecule has 0 aliphatic rings. The molecule has 2 heterocycles. The Morgan fingerprint density at radius 3 is 1.66 bits per heavy atom. The second-order valence-electron chi connectivity index (χ2n) is 12.2. The van der Waals surface area contributed by atoms with Gasteiger partial charge < -0.3 is 19.0 Å². The quantitative estimate of drug-likeness (QED) is 0.149. The molecule has 0 saturated carbocycles. The molecule has 0 unspecified atom stereocenters. The molecule has 0 aliphatic carbocycles. The molecule has 0 saturated heterocycles. The van der Waals surface area contributed by atoms with Crippen LogP contribution in [0.1, 0.15) is 33.4 Å². The van der Waals surface area contributed by atoms with Crippen molar-refractivity contribution in [2.45, 2.75) is 25.1 Å². The molecule has 0 bridgehead atoms. The molecule has 6 aromatic carbocycles. The summed E-state index contributed by atoms with van der Waals surface area (Å²) in [5.41, 5.74) is 8.26. The summed E-state index contributed by atoms with van der Waals surface area (Å²) in [4.78, 5) is 3.04. The van der Waals surface area contributed by atoms with Gasteiger partial charge in [0.2, 0.25) is 0 Å². The van der Waals surface area contributed by atoms with E-state index in [1.165, 1.54) is 16.7 Å².